The number of oxime groups is 1. The van der Waals surface area contributed by atoms with Crippen LogP contribution in [0.4, 0.5) is 4.39 Å². The number of amides is 1. The molecule has 2 heterocycles. The first-order chi connectivity index (χ1) is 11.1. The van der Waals surface area contributed by atoms with Crippen LogP contribution in [0.2, 0.25) is 0 Å². The van der Waals surface area contributed by atoms with Crippen LogP contribution in [0.3, 0.4) is 0 Å². The van der Waals surface area contributed by atoms with Crippen molar-refractivity contribution >= 4 is 17.6 Å². The molecule has 0 aliphatic carbocycles. The molecule has 2 aliphatic heterocycles. The van der Waals surface area contributed by atoms with Crippen LogP contribution < -0.4 is 0 Å². The number of esters is 1. The van der Waals surface area contributed by atoms with Crippen LogP contribution in [0.25, 0.3) is 0 Å². The molecule has 0 saturated carbocycles. The monoisotopic (exact) mass is 320 g/mol. The molecule has 3 rings (SSSR count). The Morgan fingerprint density at radius 3 is 2.83 bits per heavy atom. The van der Waals surface area contributed by atoms with Gasteiger partial charge in [0.15, 0.2) is 5.71 Å². The fourth-order valence-electron chi connectivity index (χ4n) is 2.92. The number of carbonyl (C=O) groups is 2. The standard InChI is InChI=1S/C16H17FN2O4/c1-2-22-16(21)13-12-4-3-9-19(15(12)23-18-13)14(20)10-5-7-11(17)8-6-10/h5-8,12,15H,2-4,9H2,1H3/t12-,15+/m0/s1. The van der Waals surface area contributed by atoms with Gasteiger partial charge in [0.2, 0.25) is 6.23 Å². The number of benzene rings is 1. The van der Waals surface area contributed by atoms with E-state index in [-0.39, 0.29) is 24.1 Å². The van der Waals surface area contributed by atoms with Crippen LogP contribution in [0.5, 0.6) is 0 Å². The predicted molar refractivity (Wildman–Crippen MR) is 79.1 cm³/mol. The average molecular weight is 320 g/mol. The number of hydrogen-bond donors (Lipinski definition) is 0. The Morgan fingerprint density at radius 2 is 2.13 bits per heavy atom. The van der Waals surface area contributed by atoms with Gasteiger partial charge in [0, 0.05) is 12.1 Å². The van der Waals surface area contributed by atoms with Gasteiger partial charge in [-0.3, -0.25) is 4.79 Å². The predicted octanol–water partition coefficient (Wildman–Crippen LogP) is 1.95. The number of rotatable bonds is 3. The molecule has 6 nitrogen and oxygen atoms in total. The number of likely N-dealkylation sites (tertiary alicyclic amines) is 1. The number of halogens is 1. The number of hydrogen-bond acceptors (Lipinski definition) is 5. The third-order valence-electron chi connectivity index (χ3n) is 4.01. The molecular weight excluding hydrogens is 303 g/mol. The highest BCUT2D eigenvalue weighted by atomic mass is 19.1. The number of carbonyl (C=O) groups excluding carboxylic acids is 2. The summed E-state index contributed by atoms with van der Waals surface area (Å²) in [6, 6.07) is 5.35. The van der Waals surface area contributed by atoms with E-state index < -0.39 is 18.0 Å². The molecule has 1 amide bonds. The second kappa shape index (κ2) is 6.36. The molecule has 0 aromatic heterocycles. The zero-order valence-corrected chi connectivity index (χ0v) is 12.7. The fourth-order valence-corrected chi connectivity index (χ4v) is 2.92. The first kappa shape index (κ1) is 15.5. The Bertz CT molecular complexity index is 644. The Labute approximate surface area is 132 Å². The summed E-state index contributed by atoms with van der Waals surface area (Å²) in [6.07, 6.45) is 0.825. The van der Waals surface area contributed by atoms with Gasteiger partial charge < -0.3 is 14.5 Å². The zero-order chi connectivity index (χ0) is 16.4. The van der Waals surface area contributed by atoms with Crippen LogP contribution >= 0.6 is 0 Å². The lowest BCUT2D eigenvalue weighted by atomic mass is 9.91. The average Bonchev–Trinajstić information content (AvgIpc) is 2.99. The minimum Gasteiger partial charge on any atom is -0.461 e. The van der Waals surface area contributed by atoms with E-state index in [4.69, 9.17) is 9.57 Å². The maximum Gasteiger partial charge on any atom is 0.356 e. The number of piperidine rings is 1. The molecule has 122 valence electrons. The van der Waals surface area contributed by atoms with Crippen molar-refractivity contribution in [2.45, 2.75) is 26.0 Å². The van der Waals surface area contributed by atoms with Crippen LogP contribution in [0.1, 0.15) is 30.1 Å². The quantitative estimate of drug-likeness (QED) is 0.798. The van der Waals surface area contributed by atoms with Gasteiger partial charge in [0.25, 0.3) is 5.91 Å². The summed E-state index contributed by atoms with van der Waals surface area (Å²) in [6.45, 7) is 2.48. The van der Waals surface area contributed by atoms with E-state index in [1.165, 1.54) is 29.2 Å². The van der Waals surface area contributed by atoms with Crippen molar-refractivity contribution in [3.63, 3.8) is 0 Å². The van der Waals surface area contributed by atoms with Crippen molar-refractivity contribution < 1.29 is 23.6 Å². The Balaban J connectivity index is 1.77. The molecular formula is C16H17FN2O4. The third-order valence-corrected chi connectivity index (χ3v) is 4.01. The van der Waals surface area contributed by atoms with Gasteiger partial charge in [0.1, 0.15) is 5.82 Å². The number of ether oxygens (including phenoxy) is 1. The van der Waals surface area contributed by atoms with E-state index in [1.54, 1.807) is 6.92 Å². The van der Waals surface area contributed by atoms with E-state index in [0.717, 1.165) is 6.42 Å². The second-order valence-corrected chi connectivity index (χ2v) is 5.45. The molecule has 2 atom stereocenters. The normalized spacial score (nSPS) is 22.9. The topological polar surface area (TPSA) is 68.2 Å². The molecule has 0 spiro atoms. The Morgan fingerprint density at radius 1 is 1.39 bits per heavy atom. The highest BCUT2D eigenvalue weighted by Crippen LogP contribution is 2.32. The van der Waals surface area contributed by atoms with Crippen LogP contribution in [0.15, 0.2) is 29.4 Å². The van der Waals surface area contributed by atoms with E-state index in [0.29, 0.717) is 18.5 Å². The number of fused-ring (bicyclic) bond motifs is 1. The maximum absolute atomic E-state index is 13.0. The van der Waals surface area contributed by atoms with Crippen molar-refractivity contribution in [3.8, 4) is 0 Å². The fraction of sp³-hybridized carbons (Fsp3) is 0.438. The summed E-state index contributed by atoms with van der Waals surface area (Å²) in [5.41, 5.74) is 0.605. The lowest BCUT2D eigenvalue weighted by molar-refractivity contribution is -0.135. The molecule has 0 unspecified atom stereocenters. The van der Waals surface area contributed by atoms with Crippen molar-refractivity contribution in [3.05, 3.63) is 35.6 Å². The van der Waals surface area contributed by atoms with Gasteiger partial charge in [-0.15, -0.1) is 0 Å². The Hall–Kier alpha value is -2.44. The minimum atomic E-state index is -0.610. The maximum atomic E-state index is 13.0. The molecule has 0 N–H and O–H groups in total. The lowest BCUT2D eigenvalue weighted by Crippen LogP contribution is -2.49. The van der Waals surface area contributed by atoms with Gasteiger partial charge in [-0.05, 0) is 44.0 Å². The minimum absolute atomic E-state index is 0.230. The third kappa shape index (κ3) is 2.91. The van der Waals surface area contributed by atoms with Gasteiger partial charge in [-0.25, -0.2) is 9.18 Å². The first-order valence-corrected chi connectivity index (χ1v) is 7.59. The van der Waals surface area contributed by atoms with E-state index in [2.05, 4.69) is 5.16 Å². The molecule has 7 heteroatoms. The highest BCUT2D eigenvalue weighted by molar-refractivity contribution is 6.37. The summed E-state index contributed by atoms with van der Waals surface area (Å²) in [5.74, 6) is -1.45. The molecule has 1 aromatic carbocycles. The molecule has 2 aliphatic rings. The van der Waals surface area contributed by atoms with Crippen LogP contribution in [-0.4, -0.2) is 41.9 Å². The van der Waals surface area contributed by atoms with E-state index >= 15 is 0 Å². The van der Waals surface area contributed by atoms with Gasteiger partial charge in [-0.2, -0.15) is 0 Å². The summed E-state index contributed by atoms with van der Waals surface area (Å²) < 4.78 is 18.0. The van der Waals surface area contributed by atoms with E-state index in [9.17, 15) is 14.0 Å². The SMILES string of the molecule is CCOC(=O)C1=NO[C@@H]2[C@H]1CCCN2C(=O)c1ccc(F)cc1. The summed E-state index contributed by atoms with van der Waals surface area (Å²) >= 11 is 0. The van der Waals surface area contributed by atoms with E-state index in [1.807, 2.05) is 0 Å². The summed E-state index contributed by atoms with van der Waals surface area (Å²) in [4.78, 5) is 31.4. The molecule has 1 fully saturated rings. The molecule has 23 heavy (non-hydrogen) atoms. The van der Waals surface area contributed by atoms with Crippen molar-refractivity contribution in [1.29, 1.82) is 0 Å². The highest BCUT2D eigenvalue weighted by Gasteiger charge is 2.46. The molecule has 1 aromatic rings. The number of nitrogens with zero attached hydrogens (tertiary/aromatic N) is 2. The van der Waals surface area contributed by atoms with Gasteiger partial charge in [-0.1, -0.05) is 5.16 Å². The summed E-state index contributed by atoms with van der Waals surface area (Å²) in [5, 5.41) is 3.83. The van der Waals surface area contributed by atoms with Crippen molar-refractivity contribution in [2.24, 2.45) is 11.1 Å². The zero-order valence-electron chi connectivity index (χ0n) is 12.7. The van der Waals surface area contributed by atoms with Gasteiger partial charge >= 0.3 is 5.97 Å². The Kier molecular flexibility index (Phi) is 4.27. The summed E-state index contributed by atoms with van der Waals surface area (Å²) in [7, 11) is 0. The smallest absolute Gasteiger partial charge is 0.356 e. The largest absolute Gasteiger partial charge is 0.461 e. The van der Waals surface area contributed by atoms with Crippen LogP contribution in [0, 0.1) is 11.7 Å². The second-order valence-electron chi connectivity index (χ2n) is 5.45. The molecule has 0 bridgehead atoms. The lowest BCUT2D eigenvalue weighted by Gasteiger charge is -2.35. The molecule has 1 saturated heterocycles. The van der Waals surface area contributed by atoms with Crippen molar-refractivity contribution in [1.82, 2.24) is 4.90 Å². The molecule has 0 radical (unpaired) electrons. The van der Waals surface area contributed by atoms with Gasteiger partial charge in [0.05, 0.1) is 12.5 Å². The van der Waals surface area contributed by atoms with Crippen LogP contribution in [-0.2, 0) is 14.4 Å². The van der Waals surface area contributed by atoms with Crippen molar-refractivity contribution in [2.75, 3.05) is 13.2 Å². The first-order valence-electron chi connectivity index (χ1n) is 7.59.